The molecule has 5 aromatic rings. The first kappa shape index (κ1) is 25.1. The number of ether oxygens (including phenoxy) is 3. The quantitative estimate of drug-likeness (QED) is 0.141. The second-order valence-corrected chi connectivity index (χ2v) is 8.12. The van der Waals surface area contributed by atoms with E-state index < -0.39 is 11.9 Å². The maximum absolute atomic E-state index is 12.5. The maximum Gasteiger partial charge on any atom is 0.365 e. The van der Waals surface area contributed by atoms with Crippen LogP contribution in [0.3, 0.4) is 0 Å². The van der Waals surface area contributed by atoms with E-state index in [-0.39, 0.29) is 11.4 Å². The minimum Gasteiger partial charge on any atom is -0.493 e. The molecule has 0 radical (unpaired) electrons. The van der Waals surface area contributed by atoms with Crippen LogP contribution in [0.4, 0.5) is 5.69 Å². The number of esters is 2. The van der Waals surface area contributed by atoms with E-state index in [0.717, 1.165) is 11.1 Å². The van der Waals surface area contributed by atoms with Gasteiger partial charge in [0.1, 0.15) is 5.75 Å². The SMILES string of the molecule is COc1cc(C=Nc2ccc(OC(=O)c3cc(-c4ccccc4)on3)cc2)ccc1OC(=O)c1ccncc1. The van der Waals surface area contributed by atoms with Crippen LogP contribution >= 0.6 is 0 Å². The Bertz CT molecular complexity index is 1610. The average Bonchev–Trinajstić information content (AvgIpc) is 3.49. The Labute approximate surface area is 223 Å². The normalized spacial score (nSPS) is 10.8. The fourth-order valence-corrected chi connectivity index (χ4v) is 3.51. The Kier molecular flexibility index (Phi) is 7.50. The summed E-state index contributed by atoms with van der Waals surface area (Å²) in [4.78, 5) is 33.1. The highest BCUT2D eigenvalue weighted by Crippen LogP contribution is 2.29. The number of hydrogen-bond donors (Lipinski definition) is 0. The van der Waals surface area contributed by atoms with Crippen molar-refractivity contribution in [3.8, 4) is 28.6 Å². The molecule has 192 valence electrons. The predicted octanol–water partition coefficient (Wildman–Crippen LogP) is 5.93. The smallest absolute Gasteiger partial charge is 0.365 e. The molecular weight excluding hydrogens is 498 g/mol. The molecule has 0 amide bonds. The summed E-state index contributed by atoms with van der Waals surface area (Å²) in [5.74, 6) is 0.332. The molecule has 0 aliphatic heterocycles. The lowest BCUT2D eigenvalue weighted by Gasteiger charge is -2.09. The van der Waals surface area contributed by atoms with Crippen LogP contribution in [0.2, 0.25) is 0 Å². The highest BCUT2D eigenvalue weighted by atomic mass is 16.6. The zero-order valence-corrected chi connectivity index (χ0v) is 20.7. The van der Waals surface area contributed by atoms with Crippen molar-refractivity contribution in [2.45, 2.75) is 0 Å². The third-order valence-electron chi connectivity index (χ3n) is 5.49. The standard InChI is InChI=1S/C30H21N3O6/c1-36-28-17-20(7-12-26(28)38-29(34)22-13-15-31-16-14-22)19-32-23-8-10-24(11-9-23)37-30(35)25-18-27(39-33-25)21-5-3-2-4-6-21/h2-19H,1H3. The third-order valence-corrected chi connectivity index (χ3v) is 5.49. The van der Waals surface area contributed by atoms with E-state index in [4.69, 9.17) is 18.7 Å². The number of pyridine rings is 1. The van der Waals surface area contributed by atoms with Crippen molar-refractivity contribution >= 4 is 23.8 Å². The topological polar surface area (TPSA) is 113 Å². The molecule has 0 bridgehead atoms. The number of benzene rings is 3. The predicted molar refractivity (Wildman–Crippen MR) is 143 cm³/mol. The number of carbonyl (C=O) groups excluding carboxylic acids is 2. The van der Waals surface area contributed by atoms with Crippen molar-refractivity contribution in [2.24, 2.45) is 4.99 Å². The Morgan fingerprint density at radius 2 is 1.59 bits per heavy atom. The van der Waals surface area contributed by atoms with Crippen molar-refractivity contribution in [1.29, 1.82) is 0 Å². The van der Waals surface area contributed by atoms with Crippen molar-refractivity contribution in [3.05, 3.63) is 120 Å². The Balaban J connectivity index is 1.21. The van der Waals surface area contributed by atoms with Crippen molar-refractivity contribution < 1.29 is 28.3 Å². The summed E-state index contributed by atoms with van der Waals surface area (Å²) in [6.45, 7) is 0. The lowest BCUT2D eigenvalue weighted by Crippen LogP contribution is -2.09. The van der Waals surface area contributed by atoms with E-state index in [1.807, 2.05) is 30.3 Å². The van der Waals surface area contributed by atoms with Gasteiger partial charge in [0.15, 0.2) is 23.0 Å². The van der Waals surface area contributed by atoms with Gasteiger partial charge in [-0.1, -0.05) is 35.5 Å². The summed E-state index contributed by atoms with van der Waals surface area (Å²) in [6.07, 6.45) is 4.67. The minimum atomic E-state index is -0.631. The van der Waals surface area contributed by atoms with Gasteiger partial charge < -0.3 is 18.7 Å². The first-order valence-electron chi connectivity index (χ1n) is 11.8. The van der Waals surface area contributed by atoms with Gasteiger partial charge in [-0.25, -0.2) is 9.59 Å². The van der Waals surface area contributed by atoms with Crippen LogP contribution in [0.1, 0.15) is 26.4 Å². The second-order valence-electron chi connectivity index (χ2n) is 8.12. The molecule has 0 N–H and O–H groups in total. The van der Waals surface area contributed by atoms with Crippen molar-refractivity contribution in [3.63, 3.8) is 0 Å². The molecule has 0 saturated carbocycles. The minimum absolute atomic E-state index is 0.0693. The first-order valence-corrected chi connectivity index (χ1v) is 11.8. The Morgan fingerprint density at radius 1 is 0.821 bits per heavy atom. The lowest BCUT2D eigenvalue weighted by molar-refractivity contribution is 0.0717. The van der Waals surface area contributed by atoms with E-state index in [0.29, 0.717) is 28.5 Å². The molecule has 2 aromatic heterocycles. The van der Waals surface area contributed by atoms with Crippen LogP contribution in [-0.2, 0) is 0 Å². The van der Waals surface area contributed by atoms with E-state index in [2.05, 4.69) is 15.1 Å². The van der Waals surface area contributed by atoms with Crippen LogP contribution < -0.4 is 14.2 Å². The number of methoxy groups -OCH3 is 1. The number of aliphatic imine (C=N–C) groups is 1. The van der Waals surface area contributed by atoms with E-state index in [1.54, 1.807) is 60.8 Å². The molecule has 0 aliphatic rings. The summed E-state index contributed by atoms with van der Waals surface area (Å²) in [6, 6.07) is 25.8. The van der Waals surface area contributed by atoms with Crippen molar-refractivity contribution in [1.82, 2.24) is 10.1 Å². The second kappa shape index (κ2) is 11.7. The number of rotatable bonds is 8. The van der Waals surface area contributed by atoms with Gasteiger partial charge in [0, 0.05) is 30.2 Å². The fourth-order valence-electron chi connectivity index (χ4n) is 3.51. The van der Waals surface area contributed by atoms with Gasteiger partial charge in [0.2, 0.25) is 0 Å². The molecule has 0 aliphatic carbocycles. The van der Waals surface area contributed by atoms with Crippen LogP contribution in [0.5, 0.6) is 17.2 Å². The molecule has 39 heavy (non-hydrogen) atoms. The highest BCUT2D eigenvalue weighted by molar-refractivity contribution is 5.92. The summed E-state index contributed by atoms with van der Waals surface area (Å²) in [7, 11) is 1.49. The first-order chi connectivity index (χ1) is 19.1. The molecule has 0 unspecified atom stereocenters. The zero-order valence-electron chi connectivity index (χ0n) is 20.7. The summed E-state index contributed by atoms with van der Waals surface area (Å²) in [5, 5.41) is 3.81. The molecule has 0 fully saturated rings. The number of carbonyl (C=O) groups is 2. The van der Waals surface area contributed by atoms with Crippen LogP contribution in [-0.4, -0.2) is 35.4 Å². The number of hydrogen-bond acceptors (Lipinski definition) is 9. The van der Waals surface area contributed by atoms with Gasteiger partial charge in [-0.3, -0.25) is 9.98 Å². The summed E-state index contributed by atoms with van der Waals surface area (Å²) < 4.78 is 21.5. The van der Waals surface area contributed by atoms with Crippen LogP contribution in [0, 0.1) is 0 Å². The Morgan fingerprint density at radius 3 is 2.33 bits per heavy atom. The maximum atomic E-state index is 12.5. The molecule has 3 aromatic carbocycles. The third kappa shape index (κ3) is 6.23. The largest absolute Gasteiger partial charge is 0.493 e. The average molecular weight is 520 g/mol. The molecule has 9 heteroatoms. The molecule has 5 rings (SSSR count). The number of nitrogens with zero attached hydrogens (tertiary/aromatic N) is 3. The van der Waals surface area contributed by atoms with E-state index in [9.17, 15) is 9.59 Å². The van der Waals surface area contributed by atoms with Gasteiger partial charge in [-0.15, -0.1) is 0 Å². The molecule has 0 atom stereocenters. The van der Waals surface area contributed by atoms with E-state index in [1.165, 1.54) is 25.6 Å². The van der Waals surface area contributed by atoms with Gasteiger partial charge in [0.25, 0.3) is 0 Å². The van der Waals surface area contributed by atoms with E-state index >= 15 is 0 Å². The van der Waals surface area contributed by atoms with Gasteiger partial charge in [-0.2, -0.15) is 0 Å². The van der Waals surface area contributed by atoms with Crippen molar-refractivity contribution in [2.75, 3.05) is 7.11 Å². The molecule has 2 heterocycles. The van der Waals surface area contributed by atoms with Crippen LogP contribution in [0.15, 0.2) is 113 Å². The number of aromatic nitrogens is 2. The fraction of sp³-hybridized carbons (Fsp3) is 0.0333. The highest BCUT2D eigenvalue weighted by Gasteiger charge is 2.16. The molecular formula is C30H21N3O6. The summed E-state index contributed by atoms with van der Waals surface area (Å²) >= 11 is 0. The molecule has 0 spiro atoms. The lowest BCUT2D eigenvalue weighted by atomic mass is 10.2. The van der Waals surface area contributed by atoms with Crippen LogP contribution in [0.25, 0.3) is 11.3 Å². The van der Waals surface area contributed by atoms with Gasteiger partial charge in [0.05, 0.1) is 18.4 Å². The summed E-state index contributed by atoms with van der Waals surface area (Å²) in [5.41, 5.74) is 2.62. The van der Waals surface area contributed by atoms with Gasteiger partial charge >= 0.3 is 11.9 Å². The zero-order chi connectivity index (χ0) is 27.0. The van der Waals surface area contributed by atoms with Gasteiger partial charge in [-0.05, 0) is 60.2 Å². The molecule has 9 nitrogen and oxygen atoms in total. The monoisotopic (exact) mass is 519 g/mol. The molecule has 0 saturated heterocycles. The Hall–Kier alpha value is -5.57.